The number of aromatic amines is 1. The number of nitrogens with one attached hydrogen (secondary N) is 1. The molecule has 2 aromatic heterocycles. The van der Waals surface area contributed by atoms with E-state index in [1.54, 1.807) is 12.4 Å². The number of halogens is 1. The number of fused-ring (bicyclic) bond motifs is 1. The number of pyridine rings is 1. The predicted octanol–water partition coefficient (Wildman–Crippen LogP) is 4.37. The van der Waals surface area contributed by atoms with E-state index in [0.717, 1.165) is 40.6 Å². The van der Waals surface area contributed by atoms with Gasteiger partial charge in [0.05, 0.1) is 11.6 Å². The van der Waals surface area contributed by atoms with E-state index in [0.29, 0.717) is 5.56 Å². The second-order valence-corrected chi connectivity index (χ2v) is 7.81. The van der Waals surface area contributed by atoms with Gasteiger partial charge in [0, 0.05) is 48.6 Å². The Kier molecular flexibility index (Phi) is 4.44. The molecule has 1 amide bonds. The fourth-order valence-corrected chi connectivity index (χ4v) is 4.01. The molecule has 4 rings (SSSR count). The number of amides is 1. The Morgan fingerprint density at radius 3 is 3.00 bits per heavy atom. The highest BCUT2D eigenvalue weighted by Crippen LogP contribution is 2.35. The summed E-state index contributed by atoms with van der Waals surface area (Å²) >= 11 is 3.45. The third kappa shape index (κ3) is 2.98. The van der Waals surface area contributed by atoms with Gasteiger partial charge in [0.15, 0.2) is 0 Å². The van der Waals surface area contributed by atoms with Gasteiger partial charge in [0.1, 0.15) is 5.65 Å². The zero-order valence-electron chi connectivity index (χ0n) is 14.9. The number of carbonyl (C=O) groups is 1. The number of hydrogen-bond acceptors (Lipinski definition) is 3. The van der Waals surface area contributed by atoms with E-state index < -0.39 is 0 Å². The Morgan fingerprint density at radius 2 is 2.19 bits per heavy atom. The molecule has 1 fully saturated rings. The van der Waals surface area contributed by atoms with Crippen LogP contribution in [0.3, 0.4) is 0 Å². The molecule has 1 aliphatic heterocycles. The molecule has 3 aromatic rings. The maximum absolute atomic E-state index is 13.3. The fourth-order valence-electron chi connectivity index (χ4n) is 3.68. The van der Waals surface area contributed by atoms with Crippen molar-refractivity contribution in [3.8, 4) is 0 Å². The van der Waals surface area contributed by atoms with Crippen LogP contribution in [0.1, 0.15) is 34.8 Å². The van der Waals surface area contributed by atoms with Crippen LogP contribution < -0.4 is 4.90 Å². The lowest BCUT2D eigenvalue weighted by Crippen LogP contribution is -2.30. The summed E-state index contributed by atoms with van der Waals surface area (Å²) in [6.45, 7) is 0.782. The van der Waals surface area contributed by atoms with Gasteiger partial charge in [-0.15, -0.1) is 0 Å². The molecule has 1 saturated heterocycles. The second-order valence-electron chi connectivity index (χ2n) is 6.90. The Morgan fingerprint density at radius 1 is 1.35 bits per heavy atom. The minimum Gasteiger partial charge on any atom is -0.378 e. The van der Waals surface area contributed by atoms with Crippen molar-refractivity contribution >= 4 is 38.6 Å². The lowest BCUT2D eigenvalue weighted by Gasteiger charge is -2.26. The summed E-state index contributed by atoms with van der Waals surface area (Å²) in [7, 11) is 4.07. The number of nitrogens with zero attached hydrogens (tertiary/aromatic N) is 3. The van der Waals surface area contributed by atoms with Gasteiger partial charge >= 0.3 is 0 Å². The number of H-pyrrole nitrogens is 1. The molecular formula is C20H21BrN4O. The van der Waals surface area contributed by atoms with E-state index >= 15 is 0 Å². The van der Waals surface area contributed by atoms with Crippen molar-refractivity contribution in [2.24, 2.45) is 0 Å². The Balaban J connectivity index is 1.68. The fraction of sp³-hybridized carbons (Fsp3) is 0.300. The molecule has 1 atom stereocenters. The Bertz CT molecular complexity index is 965. The summed E-state index contributed by atoms with van der Waals surface area (Å²) in [5.74, 6) is 0.0638. The average molecular weight is 413 g/mol. The van der Waals surface area contributed by atoms with E-state index in [4.69, 9.17) is 0 Å². The van der Waals surface area contributed by atoms with Crippen LogP contribution in [0.2, 0.25) is 0 Å². The summed E-state index contributed by atoms with van der Waals surface area (Å²) in [6, 6.07) is 10.5. The van der Waals surface area contributed by atoms with Crippen molar-refractivity contribution in [2.45, 2.75) is 18.9 Å². The van der Waals surface area contributed by atoms with Crippen LogP contribution in [0, 0.1) is 0 Å². The molecule has 0 radical (unpaired) electrons. The molecule has 1 aliphatic rings. The van der Waals surface area contributed by atoms with Crippen LogP contribution in [0.25, 0.3) is 11.0 Å². The average Bonchev–Trinajstić information content (AvgIpc) is 3.28. The van der Waals surface area contributed by atoms with Crippen LogP contribution in [0.4, 0.5) is 5.69 Å². The van der Waals surface area contributed by atoms with Crippen molar-refractivity contribution < 1.29 is 4.79 Å². The lowest BCUT2D eigenvalue weighted by atomic mass is 10.0. The maximum Gasteiger partial charge on any atom is 0.256 e. The number of likely N-dealkylation sites (tertiary alicyclic amines) is 1. The molecule has 0 bridgehead atoms. The molecule has 0 spiro atoms. The van der Waals surface area contributed by atoms with E-state index in [-0.39, 0.29) is 11.9 Å². The Hall–Kier alpha value is -2.34. The first-order valence-corrected chi connectivity index (χ1v) is 9.55. The van der Waals surface area contributed by atoms with Gasteiger partial charge in [-0.2, -0.15) is 0 Å². The quantitative estimate of drug-likeness (QED) is 0.694. The van der Waals surface area contributed by atoms with Gasteiger partial charge in [0.25, 0.3) is 5.91 Å². The monoisotopic (exact) mass is 412 g/mol. The van der Waals surface area contributed by atoms with Crippen molar-refractivity contribution in [2.75, 3.05) is 25.5 Å². The molecule has 134 valence electrons. The van der Waals surface area contributed by atoms with E-state index in [9.17, 15) is 4.79 Å². The summed E-state index contributed by atoms with van der Waals surface area (Å²) in [6.07, 6.45) is 5.52. The predicted molar refractivity (Wildman–Crippen MR) is 108 cm³/mol. The number of benzene rings is 1. The molecule has 26 heavy (non-hydrogen) atoms. The SMILES string of the molecule is CN(C)c1cccc(C2CCCN2C(=O)c2c[nH]c3ncc(Br)cc23)c1. The van der Waals surface area contributed by atoms with Crippen LogP contribution >= 0.6 is 15.9 Å². The summed E-state index contributed by atoms with van der Waals surface area (Å²) in [5.41, 5.74) is 3.77. The van der Waals surface area contributed by atoms with Gasteiger partial charge in [-0.3, -0.25) is 4.79 Å². The van der Waals surface area contributed by atoms with Gasteiger partial charge < -0.3 is 14.8 Å². The molecule has 1 unspecified atom stereocenters. The number of hydrogen-bond donors (Lipinski definition) is 1. The van der Waals surface area contributed by atoms with E-state index in [1.165, 1.54) is 5.56 Å². The Labute approximate surface area is 161 Å². The standard InChI is InChI=1S/C20H21BrN4O/c1-24(2)15-6-3-5-13(9-15)18-7-4-8-25(18)20(26)17-12-23-19-16(17)10-14(21)11-22-19/h3,5-6,9-12,18H,4,7-8H2,1-2H3,(H,22,23). The first-order valence-electron chi connectivity index (χ1n) is 8.75. The van der Waals surface area contributed by atoms with Crippen LogP contribution in [0.15, 0.2) is 47.2 Å². The number of carbonyl (C=O) groups excluding carboxylic acids is 1. The van der Waals surface area contributed by atoms with Crippen LogP contribution in [0.5, 0.6) is 0 Å². The zero-order valence-corrected chi connectivity index (χ0v) is 16.5. The third-order valence-corrected chi connectivity index (χ3v) is 5.45. The zero-order chi connectivity index (χ0) is 18.3. The maximum atomic E-state index is 13.3. The highest BCUT2D eigenvalue weighted by molar-refractivity contribution is 9.10. The van der Waals surface area contributed by atoms with Crippen LogP contribution in [-0.4, -0.2) is 41.4 Å². The highest BCUT2D eigenvalue weighted by atomic mass is 79.9. The number of anilines is 1. The van der Waals surface area contributed by atoms with Gasteiger partial charge in [0.2, 0.25) is 0 Å². The minimum atomic E-state index is 0.0638. The largest absolute Gasteiger partial charge is 0.378 e. The van der Waals surface area contributed by atoms with E-state index in [1.807, 2.05) is 25.1 Å². The number of rotatable bonds is 3. The second kappa shape index (κ2) is 6.76. The first-order chi connectivity index (χ1) is 12.5. The minimum absolute atomic E-state index is 0.0638. The molecule has 5 nitrogen and oxygen atoms in total. The summed E-state index contributed by atoms with van der Waals surface area (Å²) in [5, 5.41) is 0.858. The van der Waals surface area contributed by atoms with Gasteiger partial charge in [-0.05, 0) is 52.5 Å². The summed E-state index contributed by atoms with van der Waals surface area (Å²) in [4.78, 5) is 24.8. The van der Waals surface area contributed by atoms with Crippen molar-refractivity contribution in [1.29, 1.82) is 0 Å². The highest BCUT2D eigenvalue weighted by Gasteiger charge is 2.32. The molecule has 0 saturated carbocycles. The molecule has 3 heterocycles. The first kappa shape index (κ1) is 17.1. The number of aromatic nitrogens is 2. The van der Waals surface area contributed by atoms with E-state index in [2.05, 4.69) is 55.1 Å². The normalized spacial score (nSPS) is 17.0. The molecule has 1 aromatic carbocycles. The van der Waals surface area contributed by atoms with Crippen molar-refractivity contribution in [3.05, 3.63) is 58.3 Å². The smallest absolute Gasteiger partial charge is 0.256 e. The molecule has 0 aliphatic carbocycles. The van der Waals surface area contributed by atoms with Gasteiger partial charge in [-0.1, -0.05) is 12.1 Å². The third-order valence-electron chi connectivity index (χ3n) is 5.01. The lowest BCUT2D eigenvalue weighted by molar-refractivity contribution is 0.0737. The topological polar surface area (TPSA) is 52.2 Å². The molecule has 1 N–H and O–H groups in total. The van der Waals surface area contributed by atoms with Gasteiger partial charge in [-0.25, -0.2) is 4.98 Å². The molecule has 6 heteroatoms. The summed E-state index contributed by atoms with van der Waals surface area (Å²) < 4.78 is 0.871. The molecular weight excluding hydrogens is 392 g/mol. The van der Waals surface area contributed by atoms with Crippen LogP contribution in [-0.2, 0) is 0 Å². The van der Waals surface area contributed by atoms with Crippen molar-refractivity contribution in [3.63, 3.8) is 0 Å². The van der Waals surface area contributed by atoms with Crippen molar-refractivity contribution in [1.82, 2.24) is 14.9 Å².